The summed E-state index contributed by atoms with van der Waals surface area (Å²) in [6.07, 6.45) is 6.37. The van der Waals surface area contributed by atoms with Crippen molar-refractivity contribution in [2.75, 3.05) is 4.90 Å². The predicted octanol–water partition coefficient (Wildman–Crippen LogP) is 15.5. The lowest BCUT2D eigenvalue weighted by molar-refractivity contribution is 0.442. The van der Waals surface area contributed by atoms with Gasteiger partial charge < -0.3 is 13.7 Å². The zero-order valence-electron chi connectivity index (χ0n) is 30.5. The van der Waals surface area contributed by atoms with E-state index >= 15 is 0 Å². The minimum absolute atomic E-state index is 0.547. The Bertz CT molecular complexity index is 3010. The fraction of sp³-hybridized carbons (Fsp3) is 0.115. The third-order valence-corrected chi connectivity index (χ3v) is 11.9. The summed E-state index contributed by atoms with van der Waals surface area (Å²) in [6.45, 7) is 0. The summed E-state index contributed by atoms with van der Waals surface area (Å²) in [5, 5.41) is 7.13. The van der Waals surface area contributed by atoms with Gasteiger partial charge in [0.05, 0.1) is 5.69 Å². The molecule has 0 N–H and O–H groups in total. The van der Waals surface area contributed by atoms with Crippen LogP contribution in [0.25, 0.3) is 76.9 Å². The van der Waals surface area contributed by atoms with Gasteiger partial charge in [0.1, 0.15) is 16.7 Å². The summed E-state index contributed by atoms with van der Waals surface area (Å²) < 4.78 is 13.3. The summed E-state index contributed by atoms with van der Waals surface area (Å²) in [6, 6.07) is 61.2. The fourth-order valence-corrected chi connectivity index (χ4v) is 9.14. The molecule has 0 atom stereocenters. The Morgan fingerprint density at radius 1 is 0.418 bits per heavy atom. The first-order chi connectivity index (χ1) is 27.3. The number of rotatable bonds is 6. The van der Waals surface area contributed by atoms with E-state index in [9.17, 15) is 0 Å². The van der Waals surface area contributed by atoms with E-state index in [-0.39, 0.29) is 0 Å². The molecule has 0 amide bonds. The summed E-state index contributed by atoms with van der Waals surface area (Å²) >= 11 is 0. The molecule has 2 heterocycles. The lowest BCUT2D eigenvalue weighted by Gasteiger charge is -2.26. The Kier molecular flexibility index (Phi) is 7.58. The van der Waals surface area contributed by atoms with E-state index in [0.717, 1.165) is 66.7 Å². The minimum Gasteiger partial charge on any atom is -0.456 e. The van der Waals surface area contributed by atoms with E-state index in [1.165, 1.54) is 65.0 Å². The zero-order valence-corrected chi connectivity index (χ0v) is 30.5. The molecule has 0 aliphatic heterocycles. The molecule has 0 spiro atoms. The monoisotopic (exact) mass is 709 g/mol. The molecule has 3 nitrogen and oxygen atoms in total. The van der Waals surface area contributed by atoms with Gasteiger partial charge >= 0.3 is 0 Å². The van der Waals surface area contributed by atoms with Crippen LogP contribution in [0.4, 0.5) is 17.1 Å². The Morgan fingerprint density at radius 2 is 1.04 bits per heavy atom. The SMILES string of the molecule is c1ccc2c(-c3ccc(N(c4ccc(-c5ccc6c(c5)oc5ccccc56)cc4)c4cccc5c4oc4c(C6CCCCC6)cccc45)cc3)cccc2c1. The van der Waals surface area contributed by atoms with Crippen molar-refractivity contribution in [1.82, 2.24) is 0 Å². The number of anilines is 3. The van der Waals surface area contributed by atoms with E-state index in [0.29, 0.717) is 5.92 Å². The molecule has 1 aliphatic rings. The number of nitrogens with zero attached hydrogens (tertiary/aromatic N) is 1. The topological polar surface area (TPSA) is 29.5 Å². The Labute approximate surface area is 320 Å². The largest absolute Gasteiger partial charge is 0.456 e. The van der Waals surface area contributed by atoms with Gasteiger partial charge in [-0.3, -0.25) is 0 Å². The molecular weight excluding hydrogens is 671 g/mol. The van der Waals surface area contributed by atoms with Gasteiger partial charge in [0.2, 0.25) is 0 Å². The second kappa shape index (κ2) is 13.1. The number of benzene rings is 8. The maximum Gasteiger partial charge on any atom is 0.159 e. The molecule has 264 valence electrons. The molecule has 8 aromatic carbocycles. The molecular formula is C52H39NO2. The van der Waals surface area contributed by atoms with Crippen LogP contribution < -0.4 is 4.90 Å². The maximum absolute atomic E-state index is 7.04. The van der Waals surface area contributed by atoms with Gasteiger partial charge in [0.25, 0.3) is 0 Å². The number of para-hydroxylation sites is 3. The molecule has 11 rings (SSSR count). The summed E-state index contributed by atoms with van der Waals surface area (Å²) in [7, 11) is 0. The first-order valence-electron chi connectivity index (χ1n) is 19.6. The van der Waals surface area contributed by atoms with Crippen molar-refractivity contribution in [1.29, 1.82) is 0 Å². The van der Waals surface area contributed by atoms with Gasteiger partial charge in [-0.25, -0.2) is 0 Å². The zero-order chi connectivity index (χ0) is 36.3. The van der Waals surface area contributed by atoms with Crippen LogP contribution >= 0.6 is 0 Å². The van der Waals surface area contributed by atoms with Crippen LogP contribution in [0.1, 0.15) is 43.6 Å². The lowest BCUT2D eigenvalue weighted by atomic mass is 9.83. The molecule has 1 aliphatic carbocycles. The minimum atomic E-state index is 0.547. The van der Waals surface area contributed by atoms with Crippen molar-refractivity contribution in [2.24, 2.45) is 0 Å². The van der Waals surface area contributed by atoms with E-state index in [4.69, 9.17) is 8.83 Å². The summed E-state index contributed by atoms with van der Waals surface area (Å²) in [5.41, 5.74) is 13.0. The number of furan rings is 2. The van der Waals surface area contributed by atoms with Crippen molar-refractivity contribution in [3.05, 3.63) is 175 Å². The third kappa shape index (κ3) is 5.41. The van der Waals surface area contributed by atoms with Gasteiger partial charge in [0, 0.05) is 32.9 Å². The molecule has 0 bridgehead atoms. The second-order valence-corrected chi connectivity index (χ2v) is 15.1. The molecule has 1 saturated carbocycles. The number of hydrogen-bond donors (Lipinski definition) is 0. The number of hydrogen-bond acceptors (Lipinski definition) is 3. The van der Waals surface area contributed by atoms with Crippen LogP contribution in [-0.4, -0.2) is 0 Å². The summed E-state index contributed by atoms with van der Waals surface area (Å²) in [4.78, 5) is 2.35. The molecule has 1 fully saturated rings. The molecule has 0 unspecified atom stereocenters. The summed E-state index contributed by atoms with van der Waals surface area (Å²) in [5.74, 6) is 0.547. The van der Waals surface area contributed by atoms with E-state index in [2.05, 4.69) is 163 Å². The van der Waals surface area contributed by atoms with Crippen LogP contribution in [0.5, 0.6) is 0 Å². The van der Waals surface area contributed by atoms with Crippen molar-refractivity contribution < 1.29 is 8.83 Å². The quantitative estimate of drug-likeness (QED) is 0.172. The Hall–Kier alpha value is -6.58. The van der Waals surface area contributed by atoms with Crippen LogP contribution in [0.3, 0.4) is 0 Å². The maximum atomic E-state index is 7.04. The standard InChI is InChI=1S/C52H39NO2/c1-2-11-36(12-3-1)43-18-9-19-46-47-20-10-21-48(52(47)55-51(43)46)53(40-30-25-37(26-31-40)42-17-8-14-35-13-4-5-15-41(35)42)39-28-23-34(24-29-39)38-27-32-45-44-16-6-7-22-49(44)54-50(45)33-38/h4-10,13-33,36H,1-3,11-12H2. The van der Waals surface area contributed by atoms with Crippen LogP contribution in [-0.2, 0) is 0 Å². The predicted molar refractivity (Wildman–Crippen MR) is 230 cm³/mol. The Morgan fingerprint density at radius 3 is 1.85 bits per heavy atom. The van der Waals surface area contributed by atoms with Gasteiger partial charge in [-0.05, 0) is 106 Å². The third-order valence-electron chi connectivity index (χ3n) is 11.9. The molecule has 0 saturated heterocycles. The van der Waals surface area contributed by atoms with E-state index < -0.39 is 0 Å². The average Bonchev–Trinajstić information content (AvgIpc) is 3.83. The van der Waals surface area contributed by atoms with Crippen molar-refractivity contribution >= 4 is 71.7 Å². The van der Waals surface area contributed by atoms with Gasteiger partial charge in [-0.1, -0.05) is 141 Å². The highest BCUT2D eigenvalue weighted by molar-refractivity contribution is 6.11. The highest BCUT2D eigenvalue weighted by Gasteiger charge is 2.24. The van der Waals surface area contributed by atoms with E-state index in [1.807, 2.05) is 12.1 Å². The van der Waals surface area contributed by atoms with Gasteiger partial charge in [-0.2, -0.15) is 0 Å². The van der Waals surface area contributed by atoms with Crippen molar-refractivity contribution in [3.8, 4) is 22.3 Å². The average molecular weight is 710 g/mol. The first kappa shape index (κ1) is 31.9. The normalized spacial score (nSPS) is 13.7. The molecule has 2 aromatic heterocycles. The van der Waals surface area contributed by atoms with Crippen LogP contribution in [0.15, 0.2) is 179 Å². The van der Waals surface area contributed by atoms with Crippen molar-refractivity contribution in [2.45, 2.75) is 38.0 Å². The second-order valence-electron chi connectivity index (χ2n) is 15.1. The smallest absolute Gasteiger partial charge is 0.159 e. The fourth-order valence-electron chi connectivity index (χ4n) is 9.14. The van der Waals surface area contributed by atoms with Gasteiger partial charge in [0.15, 0.2) is 5.58 Å². The highest BCUT2D eigenvalue weighted by Crippen LogP contribution is 2.46. The highest BCUT2D eigenvalue weighted by atomic mass is 16.3. The number of fused-ring (bicyclic) bond motifs is 7. The van der Waals surface area contributed by atoms with Crippen molar-refractivity contribution in [3.63, 3.8) is 0 Å². The van der Waals surface area contributed by atoms with Crippen LogP contribution in [0.2, 0.25) is 0 Å². The molecule has 10 aromatic rings. The molecule has 0 radical (unpaired) electrons. The molecule has 55 heavy (non-hydrogen) atoms. The lowest BCUT2D eigenvalue weighted by Crippen LogP contribution is -2.10. The first-order valence-corrected chi connectivity index (χ1v) is 19.6. The molecule has 3 heteroatoms. The Balaban J connectivity index is 1.04. The van der Waals surface area contributed by atoms with E-state index in [1.54, 1.807) is 0 Å². The van der Waals surface area contributed by atoms with Gasteiger partial charge in [-0.15, -0.1) is 0 Å². The van der Waals surface area contributed by atoms with Crippen LogP contribution in [0, 0.1) is 0 Å².